The van der Waals surface area contributed by atoms with Gasteiger partial charge in [-0.15, -0.1) is 0 Å². The number of aromatic nitrogens is 1. The zero-order valence-corrected chi connectivity index (χ0v) is 21.6. The third-order valence-electron chi connectivity index (χ3n) is 6.13. The van der Waals surface area contributed by atoms with Crippen LogP contribution in [0.4, 0.5) is 0 Å². The Morgan fingerprint density at radius 3 is 2.26 bits per heavy atom. The van der Waals surface area contributed by atoms with Crippen LogP contribution in [0.5, 0.6) is 0 Å². The Balaban J connectivity index is 1.73. The van der Waals surface area contributed by atoms with Crippen LogP contribution in [-0.2, 0) is 32.0 Å². The van der Waals surface area contributed by atoms with E-state index in [1.165, 1.54) is 0 Å². The summed E-state index contributed by atoms with van der Waals surface area (Å²) < 4.78 is 0. The summed E-state index contributed by atoms with van der Waals surface area (Å²) >= 11 is 0. The predicted octanol–water partition coefficient (Wildman–Crippen LogP) is 1.50. The minimum atomic E-state index is -1.19. The van der Waals surface area contributed by atoms with Gasteiger partial charge < -0.3 is 31.8 Å². The maximum absolute atomic E-state index is 13.3. The van der Waals surface area contributed by atoms with Gasteiger partial charge in [0.1, 0.15) is 12.1 Å². The second kappa shape index (κ2) is 13.4. The first-order valence-corrected chi connectivity index (χ1v) is 12.6. The summed E-state index contributed by atoms with van der Waals surface area (Å²) in [4.78, 5) is 53.3. The van der Waals surface area contributed by atoms with Crippen molar-refractivity contribution in [2.24, 2.45) is 11.7 Å². The van der Waals surface area contributed by atoms with Crippen molar-refractivity contribution in [1.82, 2.24) is 20.9 Å². The van der Waals surface area contributed by atoms with Crippen LogP contribution >= 0.6 is 0 Å². The monoisotopic (exact) mass is 521 g/mol. The van der Waals surface area contributed by atoms with Gasteiger partial charge >= 0.3 is 5.97 Å². The van der Waals surface area contributed by atoms with Gasteiger partial charge in [-0.25, -0.2) is 4.79 Å². The molecule has 38 heavy (non-hydrogen) atoms. The number of para-hydroxylation sites is 1. The van der Waals surface area contributed by atoms with Crippen LogP contribution in [0.1, 0.15) is 31.4 Å². The van der Waals surface area contributed by atoms with Crippen molar-refractivity contribution >= 4 is 34.6 Å². The number of hydrogen-bond acceptors (Lipinski definition) is 5. The van der Waals surface area contributed by atoms with Gasteiger partial charge in [-0.2, -0.15) is 0 Å². The Morgan fingerprint density at radius 1 is 0.895 bits per heavy atom. The number of carboxylic acid groups (broad SMARTS) is 1. The number of nitrogens with one attached hydrogen (secondary N) is 4. The molecule has 3 atom stereocenters. The Hall–Kier alpha value is -4.18. The molecule has 0 radical (unpaired) electrons. The van der Waals surface area contributed by atoms with Crippen molar-refractivity contribution < 1.29 is 24.3 Å². The first-order valence-electron chi connectivity index (χ1n) is 12.6. The molecule has 0 aliphatic rings. The average Bonchev–Trinajstić information content (AvgIpc) is 3.29. The molecule has 1 heterocycles. The van der Waals surface area contributed by atoms with Crippen molar-refractivity contribution in [3.63, 3.8) is 0 Å². The molecule has 0 aliphatic heterocycles. The highest BCUT2D eigenvalue weighted by atomic mass is 16.4. The minimum Gasteiger partial charge on any atom is -0.480 e. The number of rotatable bonds is 13. The molecule has 3 amide bonds. The fraction of sp³-hybridized carbons (Fsp3) is 0.357. The van der Waals surface area contributed by atoms with Crippen LogP contribution in [0.3, 0.4) is 0 Å². The van der Waals surface area contributed by atoms with Crippen LogP contribution in [0.15, 0.2) is 60.8 Å². The van der Waals surface area contributed by atoms with Crippen LogP contribution in [0.25, 0.3) is 10.9 Å². The van der Waals surface area contributed by atoms with Crippen LogP contribution in [-0.4, -0.2) is 58.5 Å². The summed E-state index contributed by atoms with van der Waals surface area (Å²) in [7, 11) is 0. The number of aromatic amines is 1. The van der Waals surface area contributed by atoms with Crippen LogP contribution < -0.4 is 21.7 Å². The summed E-state index contributed by atoms with van der Waals surface area (Å²) in [5, 5.41) is 18.3. The molecular formula is C28H35N5O5. The Morgan fingerprint density at radius 2 is 1.58 bits per heavy atom. The van der Waals surface area contributed by atoms with E-state index in [4.69, 9.17) is 5.73 Å². The van der Waals surface area contributed by atoms with E-state index in [0.29, 0.717) is 6.42 Å². The highest BCUT2D eigenvalue weighted by molar-refractivity contribution is 5.93. The lowest BCUT2D eigenvalue weighted by Gasteiger charge is -2.22. The fourth-order valence-electron chi connectivity index (χ4n) is 4.21. The van der Waals surface area contributed by atoms with Gasteiger partial charge in [-0.05, 0) is 29.5 Å². The molecule has 0 saturated carbocycles. The van der Waals surface area contributed by atoms with E-state index in [2.05, 4.69) is 20.9 Å². The predicted molar refractivity (Wildman–Crippen MR) is 144 cm³/mol. The summed E-state index contributed by atoms with van der Waals surface area (Å²) in [5.41, 5.74) is 8.27. The van der Waals surface area contributed by atoms with Gasteiger partial charge in [-0.1, -0.05) is 62.4 Å². The minimum absolute atomic E-state index is 0.0828. The maximum atomic E-state index is 13.3. The molecule has 1 aromatic heterocycles. The smallest absolute Gasteiger partial charge is 0.326 e. The van der Waals surface area contributed by atoms with Crippen molar-refractivity contribution in [3.05, 3.63) is 71.9 Å². The van der Waals surface area contributed by atoms with Crippen molar-refractivity contribution in [3.8, 4) is 0 Å². The number of carbonyl (C=O) groups is 4. The molecular weight excluding hydrogens is 486 g/mol. The number of H-pyrrole nitrogens is 1. The highest BCUT2D eigenvalue weighted by Crippen LogP contribution is 2.19. The second-order valence-electron chi connectivity index (χ2n) is 9.73. The number of benzene rings is 2. The summed E-state index contributed by atoms with van der Waals surface area (Å²) in [6.07, 6.45) is 2.42. The van der Waals surface area contributed by atoms with E-state index in [9.17, 15) is 24.3 Å². The number of hydrogen-bond donors (Lipinski definition) is 6. The number of nitrogens with two attached hydrogens (primary N) is 1. The number of carboxylic acids is 1. The molecule has 3 aromatic rings. The first kappa shape index (κ1) is 28.4. The number of carbonyl (C=O) groups excluding carboxylic acids is 3. The van der Waals surface area contributed by atoms with Gasteiger partial charge in [0.25, 0.3) is 0 Å². The highest BCUT2D eigenvalue weighted by Gasteiger charge is 2.28. The van der Waals surface area contributed by atoms with Crippen molar-refractivity contribution in [2.45, 2.75) is 51.2 Å². The standard InChI is InChI=1S/C28H35N5O5/c1-17(2)12-21(29)26(35)31-16-25(34)32-23(14-19-15-30-22-11-7-6-10-20(19)22)27(36)33-24(28(37)38)13-18-8-4-3-5-9-18/h3-11,15,17,21,23-24,30H,12-14,16,29H2,1-2H3,(H,31,35)(H,32,34)(H,33,36)(H,37,38). The van der Waals surface area contributed by atoms with Gasteiger partial charge in [0.2, 0.25) is 17.7 Å². The molecule has 2 aromatic carbocycles. The molecule has 0 spiro atoms. The molecule has 0 saturated heterocycles. The van der Waals surface area contributed by atoms with E-state index in [0.717, 1.165) is 22.0 Å². The maximum Gasteiger partial charge on any atom is 0.326 e. The molecule has 0 bridgehead atoms. The summed E-state index contributed by atoms with van der Waals surface area (Å²) in [6, 6.07) is 13.5. The second-order valence-corrected chi connectivity index (χ2v) is 9.73. The quantitative estimate of drug-likeness (QED) is 0.199. The van der Waals surface area contributed by atoms with E-state index < -0.39 is 41.8 Å². The topological polar surface area (TPSA) is 166 Å². The van der Waals surface area contributed by atoms with E-state index in [1.807, 2.05) is 44.2 Å². The summed E-state index contributed by atoms with van der Waals surface area (Å²) in [5.74, 6) is -2.67. The third kappa shape index (κ3) is 8.17. The Bertz CT molecular complexity index is 1260. The molecule has 7 N–H and O–H groups in total. The lowest BCUT2D eigenvalue weighted by Crippen LogP contribution is -2.54. The van der Waals surface area contributed by atoms with Gasteiger partial charge in [0, 0.05) is 29.9 Å². The van der Waals surface area contributed by atoms with E-state index in [-0.39, 0.29) is 25.3 Å². The summed E-state index contributed by atoms with van der Waals surface area (Å²) in [6.45, 7) is 3.51. The number of amides is 3. The molecule has 10 heteroatoms. The molecule has 202 valence electrons. The van der Waals surface area contributed by atoms with Crippen molar-refractivity contribution in [2.75, 3.05) is 6.54 Å². The molecule has 10 nitrogen and oxygen atoms in total. The van der Waals surface area contributed by atoms with Gasteiger partial charge in [0.15, 0.2) is 0 Å². The number of fused-ring (bicyclic) bond motifs is 1. The largest absolute Gasteiger partial charge is 0.480 e. The average molecular weight is 522 g/mol. The van der Waals surface area contributed by atoms with E-state index >= 15 is 0 Å². The van der Waals surface area contributed by atoms with E-state index in [1.54, 1.807) is 30.5 Å². The molecule has 3 rings (SSSR count). The lowest BCUT2D eigenvalue weighted by molar-refractivity contribution is -0.142. The molecule has 0 fully saturated rings. The van der Waals surface area contributed by atoms with Crippen molar-refractivity contribution in [1.29, 1.82) is 0 Å². The zero-order valence-electron chi connectivity index (χ0n) is 21.6. The van der Waals surface area contributed by atoms with Gasteiger partial charge in [-0.3, -0.25) is 14.4 Å². The van der Waals surface area contributed by atoms with Crippen LogP contribution in [0.2, 0.25) is 0 Å². The molecule has 3 unspecified atom stereocenters. The fourth-order valence-corrected chi connectivity index (χ4v) is 4.21. The third-order valence-corrected chi connectivity index (χ3v) is 6.13. The first-order chi connectivity index (χ1) is 18.1. The molecule has 0 aliphatic carbocycles. The normalized spacial score (nSPS) is 13.5. The van der Waals surface area contributed by atoms with Gasteiger partial charge in [0.05, 0.1) is 12.6 Å². The zero-order chi connectivity index (χ0) is 27.7. The Kier molecular flexibility index (Phi) is 10.0. The number of aliphatic carboxylic acids is 1. The van der Waals surface area contributed by atoms with Crippen LogP contribution in [0, 0.1) is 5.92 Å². The SMILES string of the molecule is CC(C)CC(N)C(=O)NCC(=O)NC(Cc1c[nH]c2ccccc12)C(=O)NC(Cc1ccccc1)C(=O)O. The Labute approximate surface area is 221 Å². The lowest BCUT2D eigenvalue weighted by atomic mass is 10.0.